The summed E-state index contributed by atoms with van der Waals surface area (Å²) in [5, 5.41) is 8.82. The molecule has 0 aliphatic heterocycles. The molecule has 0 unspecified atom stereocenters. The predicted molar refractivity (Wildman–Crippen MR) is 87.0 cm³/mol. The molecule has 0 heterocycles. The van der Waals surface area contributed by atoms with Crippen LogP contribution in [0.25, 0.3) is 6.08 Å². The lowest BCUT2D eigenvalue weighted by Gasteiger charge is -2.06. The van der Waals surface area contributed by atoms with E-state index < -0.39 is 5.97 Å². The van der Waals surface area contributed by atoms with Gasteiger partial charge in [0, 0.05) is 5.57 Å². The van der Waals surface area contributed by atoms with E-state index in [9.17, 15) is 4.79 Å². The van der Waals surface area contributed by atoms with Crippen molar-refractivity contribution in [3.8, 4) is 5.75 Å². The summed E-state index contributed by atoms with van der Waals surface area (Å²) in [6.45, 7) is 2.09. The first-order valence-electron chi connectivity index (χ1n) is 6.33. The second-order valence-electron chi connectivity index (χ2n) is 4.48. The van der Waals surface area contributed by atoms with E-state index in [1.165, 1.54) is 0 Å². The molecule has 0 aliphatic carbocycles. The second kappa shape index (κ2) is 8.49. The van der Waals surface area contributed by atoms with Gasteiger partial charge in [-0.05, 0) is 36.3 Å². The lowest BCUT2D eigenvalue weighted by molar-refractivity contribution is -0.132. The van der Waals surface area contributed by atoms with E-state index in [1.807, 2.05) is 54.6 Å². The Balaban J connectivity index is 0.00000220. The molecular weight excluding hydrogens is 276 g/mol. The highest BCUT2D eigenvalue weighted by atomic mass is 24.3. The molecule has 4 heteroatoms. The molecule has 0 saturated heterocycles. The summed E-state index contributed by atoms with van der Waals surface area (Å²) in [6, 6.07) is 17.3. The molecule has 0 saturated carbocycles. The van der Waals surface area contributed by atoms with Crippen molar-refractivity contribution >= 4 is 35.1 Å². The third-order valence-corrected chi connectivity index (χ3v) is 2.85. The lowest BCUT2D eigenvalue weighted by atomic mass is 10.1. The zero-order valence-electron chi connectivity index (χ0n) is 11.2. The molecule has 2 aromatic carbocycles. The first-order valence-corrected chi connectivity index (χ1v) is 6.33. The third kappa shape index (κ3) is 5.61. The number of carbonyl (C=O) groups is 1. The van der Waals surface area contributed by atoms with Gasteiger partial charge in [0.25, 0.3) is 0 Å². The summed E-state index contributed by atoms with van der Waals surface area (Å²) >= 11 is 0. The average molecular weight is 295 g/mol. The molecule has 106 valence electrons. The molecule has 0 bridgehead atoms. The number of carboxylic acid groups (broad SMARTS) is 1. The highest BCUT2D eigenvalue weighted by Crippen LogP contribution is 2.16. The quantitative estimate of drug-likeness (QED) is 0.681. The largest absolute Gasteiger partial charge is 0.489 e. The van der Waals surface area contributed by atoms with Crippen LogP contribution in [0.5, 0.6) is 5.75 Å². The van der Waals surface area contributed by atoms with Crippen molar-refractivity contribution < 1.29 is 14.6 Å². The average Bonchev–Trinajstić information content (AvgIpc) is 2.47. The van der Waals surface area contributed by atoms with Gasteiger partial charge in [0.2, 0.25) is 0 Å². The SMILES string of the molecule is CC(=Cc1ccc(OCc2ccccc2)cc1)C(=O)O.[MgH2]. The van der Waals surface area contributed by atoms with Gasteiger partial charge in [0.15, 0.2) is 0 Å². The number of carboxylic acids is 1. The molecule has 3 nitrogen and oxygen atoms in total. The minimum Gasteiger partial charge on any atom is -0.489 e. The van der Waals surface area contributed by atoms with Crippen molar-refractivity contribution in [3.63, 3.8) is 0 Å². The van der Waals surface area contributed by atoms with Crippen LogP contribution in [-0.2, 0) is 11.4 Å². The van der Waals surface area contributed by atoms with Gasteiger partial charge in [0.1, 0.15) is 12.4 Å². The Kier molecular flexibility index (Phi) is 6.98. The van der Waals surface area contributed by atoms with Crippen LogP contribution < -0.4 is 4.74 Å². The predicted octanol–water partition coefficient (Wildman–Crippen LogP) is 2.84. The van der Waals surface area contributed by atoms with Crippen LogP contribution in [0.3, 0.4) is 0 Å². The molecular formula is C17H18MgO3. The van der Waals surface area contributed by atoms with Gasteiger partial charge >= 0.3 is 29.0 Å². The minimum absolute atomic E-state index is 0. The summed E-state index contributed by atoms with van der Waals surface area (Å²) in [5.74, 6) is -0.145. The normalized spacial score (nSPS) is 10.6. The highest BCUT2D eigenvalue weighted by Gasteiger charge is 2.00. The van der Waals surface area contributed by atoms with Crippen LogP contribution >= 0.6 is 0 Å². The smallest absolute Gasteiger partial charge is 0.331 e. The van der Waals surface area contributed by atoms with E-state index in [0.29, 0.717) is 12.2 Å². The molecule has 0 atom stereocenters. The fourth-order valence-corrected chi connectivity index (χ4v) is 1.71. The molecule has 0 amide bonds. The van der Waals surface area contributed by atoms with Crippen molar-refractivity contribution in [2.75, 3.05) is 0 Å². The summed E-state index contributed by atoms with van der Waals surface area (Å²) in [7, 11) is 0. The summed E-state index contributed by atoms with van der Waals surface area (Å²) < 4.78 is 5.66. The van der Waals surface area contributed by atoms with Crippen molar-refractivity contribution in [2.24, 2.45) is 0 Å². The number of hydrogen-bond donors (Lipinski definition) is 1. The number of rotatable bonds is 5. The number of hydrogen-bond acceptors (Lipinski definition) is 2. The summed E-state index contributed by atoms with van der Waals surface area (Å²) in [4.78, 5) is 10.7. The Labute approximate surface area is 140 Å². The topological polar surface area (TPSA) is 46.5 Å². The zero-order chi connectivity index (χ0) is 14.4. The Morgan fingerprint density at radius 1 is 1.10 bits per heavy atom. The number of aliphatic carboxylic acids is 1. The molecule has 2 aromatic rings. The van der Waals surface area contributed by atoms with E-state index in [0.717, 1.165) is 16.9 Å². The van der Waals surface area contributed by atoms with Crippen LogP contribution in [-0.4, -0.2) is 34.1 Å². The molecule has 0 aromatic heterocycles. The summed E-state index contributed by atoms with van der Waals surface area (Å²) in [6.07, 6.45) is 1.63. The maximum absolute atomic E-state index is 10.7. The highest BCUT2D eigenvalue weighted by molar-refractivity contribution is 5.91. The van der Waals surface area contributed by atoms with Gasteiger partial charge in [-0.25, -0.2) is 4.79 Å². The third-order valence-electron chi connectivity index (χ3n) is 2.85. The van der Waals surface area contributed by atoms with E-state index in [-0.39, 0.29) is 23.1 Å². The van der Waals surface area contributed by atoms with Crippen LogP contribution in [0.2, 0.25) is 0 Å². The second-order valence-corrected chi connectivity index (χ2v) is 4.48. The first kappa shape index (κ1) is 17.3. The van der Waals surface area contributed by atoms with E-state index in [2.05, 4.69) is 0 Å². The van der Waals surface area contributed by atoms with Crippen molar-refractivity contribution in [1.29, 1.82) is 0 Å². The van der Waals surface area contributed by atoms with Gasteiger partial charge in [-0.1, -0.05) is 42.5 Å². The van der Waals surface area contributed by atoms with Gasteiger partial charge in [-0.2, -0.15) is 0 Å². The fourth-order valence-electron chi connectivity index (χ4n) is 1.71. The van der Waals surface area contributed by atoms with E-state index in [4.69, 9.17) is 9.84 Å². The molecule has 0 aliphatic rings. The lowest BCUT2D eigenvalue weighted by Crippen LogP contribution is -1.96. The Bertz CT molecular complexity index is 604. The van der Waals surface area contributed by atoms with Crippen LogP contribution in [0.15, 0.2) is 60.2 Å². The van der Waals surface area contributed by atoms with Crippen LogP contribution in [0.1, 0.15) is 18.1 Å². The Morgan fingerprint density at radius 3 is 2.29 bits per heavy atom. The zero-order valence-corrected chi connectivity index (χ0v) is 11.2. The van der Waals surface area contributed by atoms with Crippen LogP contribution in [0.4, 0.5) is 0 Å². The standard InChI is InChI=1S/C17H16O3.Mg.2H/c1-13(17(18)19)11-14-7-9-16(10-8-14)20-12-15-5-3-2-4-6-15;;;/h2-11H,12H2,1H3,(H,18,19);;;. The molecule has 2 rings (SSSR count). The molecule has 0 fully saturated rings. The van der Waals surface area contributed by atoms with Crippen LogP contribution in [0, 0.1) is 0 Å². The minimum atomic E-state index is -0.908. The van der Waals surface area contributed by atoms with Gasteiger partial charge in [-0.15, -0.1) is 0 Å². The fraction of sp³-hybridized carbons (Fsp3) is 0.118. The van der Waals surface area contributed by atoms with Gasteiger partial charge < -0.3 is 9.84 Å². The van der Waals surface area contributed by atoms with Crippen molar-refractivity contribution in [1.82, 2.24) is 0 Å². The van der Waals surface area contributed by atoms with Gasteiger partial charge in [0.05, 0.1) is 0 Å². The van der Waals surface area contributed by atoms with Crippen molar-refractivity contribution in [3.05, 3.63) is 71.3 Å². The van der Waals surface area contributed by atoms with Gasteiger partial charge in [-0.3, -0.25) is 0 Å². The Hall–Kier alpha value is -1.78. The molecule has 21 heavy (non-hydrogen) atoms. The monoisotopic (exact) mass is 294 g/mol. The maximum atomic E-state index is 10.7. The number of ether oxygens (including phenoxy) is 1. The van der Waals surface area contributed by atoms with Crippen molar-refractivity contribution in [2.45, 2.75) is 13.5 Å². The summed E-state index contributed by atoms with van der Waals surface area (Å²) in [5.41, 5.74) is 2.26. The Morgan fingerprint density at radius 2 is 1.71 bits per heavy atom. The first-order chi connectivity index (χ1) is 9.65. The number of benzene rings is 2. The van der Waals surface area contributed by atoms with E-state index >= 15 is 0 Å². The molecule has 0 radical (unpaired) electrons. The molecule has 0 spiro atoms. The van der Waals surface area contributed by atoms with E-state index in [1.54, 1.807) is 13.0 Å². The maximum Gasteiger partial charge on any atom is 0.331 e. The molecule has 1 N–H and O–H groups in total.